The molecule has 8 heteroatoms. The molecule has 31 heavy (non-hydrogen) atoms. The Kier molecular flexibility index (Phi) is 5.97. The molecule has 0 bridgehead atoms. The van der Waals surface area contributed by atoms with Gasteiger partial charge in [0.1, 0.15) is 5.75 Å². The summed E-state index contributed by atoms with van der Waals surface area (Å²) in [5.74, 6) is 1.61. The number of nitrogens with zero attached hydrogens (tertiary/aromatic N) is 3. The van der Waals surface area contributed by atoms with Crippen molar-refractivity contribution in [2.24, 2.45) is 18.9 Å². The van der Waals surface area contributed by atoms with Gasteiger partial charge in [0.2, 0.25) is 11.8 Å². The van der Waals surface area contributed by atoms with Gasteiger partial charge in [-0.15, -0.1) is 0 Å². The van der Waals surface area contributed by atoms with Crippen molar-refractivity contribution < 1.29 is 14.3 Å². The lowest BCUT2D eigenvalue weighted by molar-refractivity contribution is -0.121. The number of benzene rings is 1. The van der Waals surface area contributed by atoms with E-state index in [-0.39, 0.29) is 17.5 Å². The molecule has 3 aromatic rings. The monoisotopic (exact) mass is 424 g/mol. The lowest BCUT2D eigenvalue weighted by Gasteiger charge is -2.28. The molecule has 1 aliphatic rings. The van der Waals surface area contributed by atoms with Crippen LogP contribution >= 0.6 is 0 Å². The molecule has 2 aromatic heterocycles. The van der Waals surface area contributed by atoms with Gasteiger partial charge in [0.15, 0.2) is 0 Å². The van der Waals surface area contributed by atoms with E-state index >= 15 is 0 Å². The second-order valence-electron chi connectivity index (χ2n) is 8.10. The minimum atomic E-state index is -0.0253. The number of methoxy groups -OCH3 is 2. The zero-order valence-corrected chi connectivity index (χ0v) is 18.1. The molecule has 0 spiro atoms. The van der Waals surface area contributed by atoms with Crippen LogP contribution in [-0.2, 0) is 18.4 Å². The molecule has 1 aromatic carbocycles. The number of carbonyl (C=O) groups excluding carboxylic acids is 1. The third kappa shape index (κ3) is 4.28. The molecule has 0 radical (unpaired) electrons. The molecule has 1 fully saturated rings. The first-order chi connectivity index (χ1) is 15.0. The van der Waals surface area contributed by atoms with Crippen molar-refractivity contribution in [3.8, 4) is 11.6 Å². The normalized spacial score (nSPS) is 18.7. The van der Waals surface area contributed by atoms with Crippen molar-refractivity contribution in [3.05, 3.63) is 47.0 Å². The predicted octanol–water partition coefficient (Wildman–Crippen LogP) is 3.20. The summed E-state index contributed by atoms with van der Waals surface area (Å²) in [6.45, 7) is 0.653. The van der Waals surface area contributed by atoms with Gasteiger partial charge in [-0.05, 0) is 49.8 Å². The Bertz CT molecular complexity index is 1120. The predicted molar refractivity (Wildman–Crippen MR) is 119 cm³/mol. The zero-order valence-electron chi connectivity index (χ0n) is 18.1. The summed E-state index contributed by atoms with van der Waals surface area (Å²) < 4.78 is 13.9. The maximum Gasteiger partial charge on any atom is 0.328 e. The number of aryl methyl sites for hydroxylation is 1. The zero-order chi connectivity index (χ0) is 22.0. The van der Waals surface area contributed by atoms with Gasteiger partial charge in [0.05, 0.1) is 37.1 Å². The highest BCUT2D eigenvalue weighted by Gasteiger charge is 2.27. The highest BCUT2D eigenvalue weighted by atomic mass is 16.5. The number of nitrogens with one attached hydrogen (secondary N) is 1. The Morgan fingerprint density at radius 3 is 2.52 bits per heavy atom. The molecule has 0 aliphatic heterocycles. The van der Waals surface area contributed by atoms with E-state index in [1.54, 1.807) is 44.2 Å². The smallest absolute Gasteiger partial charge is 0.328 e. The number of carbonyl (C=O) groups is 1. The number of ether oxygens (including phenoxy) is 2. The van der Waals surface area contributed by atoms with Gasteiger partial charge < -0.3 is 14.8 Å². The average molecular weight is 425 g/mol. The highest BCUT2D eigenvalue weighted by Crippen LogP contribution is 2.31. The molecular formula is C23H28N4O4. The quantitative estimate of drug-likeness (QED) is 0.657. The summed E-state index contributed by atoms with van der Waals surface area (Å²) in [5, 5.41) is 2.95. The van der Waals surface area contributed by atoms with Crippen LogP contribution in [0.1, 0.15) is 25.7 Å². The van der Waals surface area contributed by atoms with E-state index in [1.807, 2.05) is 22.8 Å². The second kappa shape index (κ2) is 8.83. The van der Waals surface area contributed by atoms with Crippen molar-refractivity contribution in [1.29, 1.82) is 0 Å². The van der Waals surface area contributed by atoms with Gasteiger partial charge >= 0.3 is 5.69 Å². The first kappa shape index (κ1) is 21.0. The molecule has 1 aliphatic carbocycles. The molecular weight excluding hydrogens is 396 g/mol. The van der Waals surface area contributed by atoms with Crippen LogP contribution in [0.2, 0.25) is 0 Å². The van der Waals surface area contributed by atoms with Crippen molar-refractivity contribution >= 4 is 22.6 Å². The Labute approximate surface area is 180 Å². The van der Waals surface area contributed by atoms with E-state index < -0.39 is 0 Å². The van der Waals surface area contributed by atoms with E-state index in [1.165, 1.54) is 0 Å². The van der Waals surface area contributed by atoms with Crippen LogP contribution < -0.4 is 20.5 Å². The standard InChI is InChI=1S/C23H28N4O4/c1-26-19-10-9-18(30-2)12-20(19)27(23(26)29)14-15-4-6-16(7-5-15)22(28)25-17-8-11-21(31-3)24-13-17/h8-13,15-16H,4-7,14H2,1-3H3,(H,25,28). The van der Waals surface area contributed by atoms with Crippen LogP contribution in [0.4, 0.5) is 5.69 Å². The van der Waals surface area contributed by atoms with Gasteiger partial charge in [-0.1, -0.05) is 0 Å². The summed E-state index contributed by atoms with van der Waals surface area (Å²) >= 11 is 0. The third-order valence-electron chi connectivity index (χ3n) is 6.22. The summed E-state index contributed by atoms with van der Waals surface area (Å²) in [6.07, 6.45) is 5.03. The van der Waals surface area contributed by atoms with Crippen LogP contribution in [0.25, 0.3) is 11.0 Å². The Balaban J connectivity index is 1.39. The van der Waals surface area contributed by atoms with Gasteiger partial charge in [-0.25, -0.2) is 9.78 Å². The fourth-order valence-corrected chi connectivity index (χ4v) is 4.38. The van der Waals surface area contributed by atoms with E-state index in [4.69, 9.17) is 9.47 Å². The number of rotatable bonds is 6. The van der Waals surface area contributed by atoms with Crippen LogP contribution in [0.15, 0.2) is 41.3 Å². The number of aromatic nitrogens is 3. The number of imidazole rings is 1. The third-order valence-corrected chi connectivity index (χ3v) is 6.22. The summed E-state index contributed by atoms with van der Waals surface area (Å²) in [4.78, 5) is 29.6. The maximum absolute atomic E-state index is 12.8. The van der Waals surface area contributed by atoms with Gasteiger partial charge in [-0.3, -0.25) is 13.9 Å². The van der Waals surface area contributed by atoms with Crippen LogP contribution in [0.3, 0.4) is 0 Å². The molecule has 1 amide bonds. The lowest BCUT2D eigenvalue weighted by atomic mass is 9.81. The van der Waals surface area contributed by atoms with Crippen LogP contribution in [0.5, 0.6) is 11.6 Å². The minimum Gasteiger partial charge on any atom is -0.497 e. The number of anilines is 1. The average Bonchev–Trinajstić information content (AvgIpc) is 3.04. The largest absolute Gasteiger partial charge is 0.497 e. The molecule has 1 N–H and O–H groups in total. The number of fused-ring (bicyclic) bond motifs is 1. The summed E-state index contributed by atoms with van der Waals surface area (Å²) in [5.41, 5.74) is 2.44. The van der Waals surface area contributed by atoms with Crippen molar-refractivity contribution in [3.63, 3.8) is 0 Å². The topological polar surface area (TPSA) is 87.4 Å². The molecule has 2 heterocycles. The Hall–Kier alpha value is -3.29. The first-order valence-electron chi connectivity index (χ1n) is 10.5. The minimum absolute atomic E-state index is 0.0184. The van der Waals surface area contributed by atoms with Gasteiger partial charge in [-0.2, -0.15) is 0 Å². The van der Waals surface area contributed by atoms with Crippen molar-refractivity contribution in [2.45, 2.75) is 32.2 Å². The van der Waals surface area contributed by atoms with E-state index in [0.717, 1.165) is 42.5 Å². The van der Waals surface area contributed by atoms with Gasteiger partial charge in [0.25, 0.3) is 0 Å². The summed E-state index contributed by atoms with van der Waals surface area (Å²) in [6, 6.07) is 9.22. The summed E-state index contributed by atoms with van der Waals surface area (Å²) in [7, 11) is 4.98. The molecule has 4 rings (SSSR count). The second-order valence-corrected chi connectivity index (χ2v) is 8.10. The fourth-order valence-electron chi connectivity index (χ4n) is 4.38. The SMILES string of the molecule is COc1ccc2c(c1)n(CC1CCC(C(=O)Nc3ccc(OC)nc3)CC1)c(=O)n2C. The molecule has 164 valence electrons. The van der Waals surface area contributed by atoms with Crippen LogP contribution in [0, 0.1) is 11.8 Å². The number of amides is 1. The lowest BCUT2D eigenvalue weighted by Crippen LogP contribution is -2.30. The molecule has 8 nitrogen and oxygen atoms in total. The van der Waals surface area contributed by atoms with E-state index in [9.17, 15) is 9.59 Å². The van der Waals surface area contributed by atoms with Crippen molar-refractivity contribution in [1.82, 2.24) is 14.1 Å². The molecule has 0 unspecified atom stereocenters. The Morgan fingerprint density at radius 2 is 1.87 bits per heavy atom. The number of hydrogen-bond donors (Lipinski definition) is 1. The van der Waals surface area contributed by atoms with E-state index in [0.29, 0.717) is 24.0 Å². The van der Waals surface area contributed by atoms with Crippen LogP contribution in [-0.4, -0.2) is 34.2 Å². The highest BCUT2D eigenvalue weighted by molar-refractivity contribution is 5.92. The van der Waals surface area contributed by atoms with E-state index in [2.05, 4.69) is 10.3 Å². The maximum atomic E-state index is 12.8. The number of pyridine rings is 1. The van der Waals surface area contributed by atoms with Crippen molar-refractivity contribution in [2.75, 3.05) is 19.5 Å². The first-order valence-corrected chi connectivity index (χ1v) is 10.5. The Morgan fingerprint density at radius 1 is 1.10 bits per heavy atom. The molecule has 1 saturated carbocycles. The molecule has 0 saturated heterocycles. The molecule has 0 atom stereocenters. The van der Waals surface area contributed by atoms with Gasteiger partial charge in [0, 0.05) is 31.6 Å². The fraction of sp³-hybridized carbons (Fsp3) is 0.435. The number of hydrogen-bond acceptors (Lipinski definition) is 5.